The molecule has 0 aromatic rings. The summed E-state index contributed by atoms with van der Waals surface area (Å²) in [4.78, 5) is 0. The summed E-state index contributed by atoms with van der Waals surface area (Å²) in [5, 5.41) is 24.7. The van der Waals surface area contributed by atoms with E-state index in [0.717, 1.165) is 25.7 Å². The third-order valence-corrected chi connectivity index (χ3v) is 3.54. The zero-order valence-electron chi connectivity index (χ0n) is 9.73. The van der Waals surface area contributed by atoms with Gasteiger partial charge in [-0.1, -0.05) is 29.6 Å². The molecule has 0 bridgehead atoms. The topological polar surface area (TPSA) is 74.4 Å². The fourth-order valence-electron chi connectivity index (χ4n) is 2.85. The van der Waals surface area contributed by atoms with Gasteiger partial charge in [-0.15, -0.1) is 0 Å². The summed E-state index contributed by atoms with van der Waals surface area (Å²) in [6.07, 6.45) is 4.93. The van der Waals surface area contributed by atoms with Gasteiger partial charge in [-0.2, -0.15) is 0 Å². The van der Waals surface area contributed by atoms with Crippen LogP contribution in [0.2, 0.25) is 0 Å². The Hall–Kier alpha value is -1.10. The molecule has 1 heterocycles. The lowest BCUT2D eigenvalue weighted by Crippen LogP contribution is -2.40. The maximum absolute atomic E-state index is 9.13. The summed E-state index contributed by atoms with van der Waals surface area (Å²) < 4.78 is 6.00. The number of nitrogens with zero attached hydrogens (tertiary/aromatic N) is 2. The lowest BCUT2D eigenvalue weighted by atomic mass is 9.80. The van der Waals surface area contributed by atoms with Crippen LogP contribution in [-0.4, -0.2) is 33.0 Å². The first-order valence-corrected chi connectivity index (χ1v) is 5.71. The molecule has 2 rings (SSSR count). The molecule has 16 heavy (non-hydrogen) atoms. The highest BCUT2D eigenvalue weighted by atomic mass is 16.5. The maximum atomic E-state index is 9.13. The van der Waals surface area contributed by atoms with Gasteiger partial charge >= 0.3 is 0 Å². The largest absolute Gasteiger partial charge is 0.410 e. The molecule has 5 nitrogen and oxygen atoms in total. The second kappa shape index (κ2) is 3.73. The first-order valence-electron chi connectivity index (χ1n) is 5.71. The average Bonchev–Trinajstić information content (AvgIpc) is 2.45. The van der Waals surface area contributed by atoms with E-state index in [1.807, 2.05) is 13.8 Å². The van der Waals surface area contributed by atoms with E-state index in [1.54, 1.807) is 0 Å². The molecule has 0 amide bonds. The van der Waals surface area contributed by atoms with E-state index in [-0.39, 0.29) is 0 Å². The molecule has 0 radical (unpaired) electrons. The van der Waals surface area contributed by atoms with E-state index >= 15 is 0 Å². The van der Waals surface area contributed by atoms with Crippen LogP contribution in [0.3, 0.4) is 0 Å². The minimum absolute atomic E-state index is 0.344. The summed E-state index contributed by atoms with van der Waals surface area (Å²) in [5.74, 6) is 0. The van der Waals surface area contributed by atoms with Gasteiger partial charge in [0.1, 0.15) is 22.6 Å². The van der Waals surface area contributed by atoms with E-state index in [1.165, 1.54) is 6.42 Å². The van der Waals surface area contributed by atoms with Crippen LogP contribution >= 0.6 is 0 Å². The number of rotatable bonds is 0. The number of ether oxygens (including phenoxy) is 1. The standard InChI is InChI=1S/C11H18N2O3/c1-10(2)8(12-14)9(13-15)11(16-10)6-4-3-5-7-11/h14-15H,3-7H2,1-2H3/b12-8-,13-9-. The third kappa shape index (κ3) is 1.50. The van der Waals surface area contributed by atoms with Gasteiger partial charge in [-0.05, 0) is 26.7 Å². The predicted molar refractivity (Wildman–Crippen MR) is 59.4 cm³/mol. The first kappa shape index (κ1) is 11.4. The minimum atomic E-state index is -0.687. The van der Waals surface area contributed by atoms with Gasteiger partial charge in [-0.3, -0.25) is 0 Å². The highest BCUT2D eigenvalue weighted by Gasteiger charge is 2.55. The zero-order chi connectivity index (χ0) is 11.8. The molecule has 1 aliphatic heterocycles. The molecule has 0 atom stereocenters. The molecular formula is C11H18N2O3. The molecule has 2 fully saturated rings. The SMILES string of the molecule is CC1(C)OC2(CCCCC2)C(=N\O)/C1=N/O. The normalized spacial score (nSPS) is 32.6. The summed E-state index contributed by atoms with van der Waals surface area (Å²) >= 11 is 0. The Morgan fingerprint density at radius 3 is 2.06 bits per heavy atom. The second-order valence-corrected chi connectivity index (χ2v) is 5.06. The van der Waals surface area contributed by atoms with Crippen LogP contribution in [0.5, 0.6) is 0 Å². The van der Waals surface area contributed by atoms with Crippen LogP contribution in [0.15, 0.2) is 10.3 Å². The monoisotopic (exact) mass is 226 g/mol. The molecule has 90 valence electrons. The minimum Gasteiger partial charge on any atom is -0.410 e. The highest BCUT2D eigenvalue weighted by Crippen LogP contribution is 2.43. The van der Waals surface area contributed by atoms with Crippen LogP contribution < -0.4 is 0 Å². The lowest BCUT2D eigenvalue weighted by molar-refractivity contribution is -0.0678. The molecular weight excluding hydrogens is 208 g/mol. The van der Waals surface area contributed by atoms with Crippen molar-refractivity contribution < 1.29 is 15.2 Å². The van der Waals surface area contributed by atoms with E-state index < -0.39 is 11.2 Å². The van der Waals surface area contributed by atoms with Crippen molar-refractivity contribution in [3.63, 3.8) is 0 Å². The molecule has 2 N–H and O–H groups in total. The van der Waals surface area contributed by atoms with Gasteiger partial charge in [0.15, 0.2) is 0 Å². The number of oxime groups is 2. The molecule has 0 aromatic carbocycles. The van der Waals surface area contributed by atoms with Crippen molar-refractivity contribution >= 4 is 11.4 Å². The van der Waals surface area contributed by atoms with Crippen LogP contribution in [0.4, 0.5) is 0 Å². The smallest absolute Gasteiger partial charge is 0.139 e. The summed E-state index contributed by atoms with van der Waals surface area (Å²) in [7, 11) is 0. The Balaban J connectivity index is 2.42. The zero-order valence-corrected chi connectivity index (χ0v) is 9.73. The molecule has 0 aromatic heterocycles. The van der Waals surface area contributed by atoms with Crippen LogP contribution in [0.25, 0.3) is 0 Å². The Labute approximate surface area is 94.8 Å². The van der Waals surface area contributed by atoms with E-state index in [4.69, 9.17) is 15.2 Å². The summed E-state index contributed by atoms with van der Waals surface area (Å²) in [6.45, 7) is 3.66. The van der Waals surface area contributed by atoms with Crippen molar-refractivity contribution in [2.45, 2.75) is 57.2 Å². The van der Waals surface area contributed by atoms with E-state index in [2.05, 4.69) is 10.3 Å². The van der Waals surface area contributed by atoms with Crippen molar-refractivity contribution in [2.24, 2.45) is 10.3 Å². The third-order valence-electron chi connectivity index (χ3n) is 3.54. The van der Waals surface area contributed by atoms with Crippen molar-refractivity contribution in [3.8, 4) is 0 Å². The Morgan fingerprint density at radius 2 is 1.56 bits per heavy atom. The molecule has 1 saturated heterocycles. The van der Waals surface area contributed by atoms with Gasteiger partial charge in [0.25, 0.3) is 0 Å². The van der Waals surface area contributed by atoms with Gasteiger partial charge < -0.3 is 15.2 Å². The molecule has 5 heteroatoms. The quantitative estimate of drug-likeness (QED) is 0.491. The molecule has 2 aliphatic rings. The molecule has 1 spiro atoms. The lowest BCUT2D eigenvalue weighted by Gasteiger charge is -2.33. The van der Waals surface area contributed by atoms with Crippen LogP contribution in [0.1, 0.15) is 46.0 Å². The number of hydrogen-bond acceptors (Lipinski definition) is 5. The molecule has 1 aliphatic carbocycles. The summed E-state index contributed by atoms with van der Waals surface area (Å²) in [6, 6.07) is 0. The van der Waals surface area contributed by atoms with Crippen molar-refractivity contribution in [1.29, 1.82) is 0 Å². The van der Waals surface area contributed by atoms with Crippen molar-refractivity contribution in [3.05, 3.63) is 0 Å². The van der Waals surface area contributed by atoms with Gasteiger partial charge in [0, 0.05) is 0 Å². The fraction of sp³-hybridized carbons (Fsp3) is 0.818. The predicted octanol–water partition coefficient (Wildman–Crippen LogP) is 2.16. The Bertz CT molecular complexity index is 341. The molecule has 1 saturated carbocycles. The fourth-order valence-corrected chi connectivity index (χ4v) is 2.85. The van der Waals surface area contributed by atoms with Gasteiger partial charge in [-0.25, -0.2) is 0 Å². The number of hydrogen-bond donors (Lipinski definition) is 2. The van der Waals surface area contributed by atoms with E-state index in [0.29, 0.717) is 11.4 Å². The van der Waals surface area contributed by atoms with Crippen molar-refractivity contribution in [2.75, 3.05) is 0 Å². The highest BCUT2D eigenvalue weighted by molar-refractivity contribution is 6.49. The van der Waals surface area contributed by atoms with Crippen LogP contribution in [-0.2, 0) is 4.74 Å². The Morgan fingerprint density at radius 1 is 1.00 bits per heavy atom. The van der Waals surface area contributed by atoms with Gasteiger partial charge in [0.05, 0.1) is 0 Å². The van der Waals surface area contributed by atoms with Crippen LogP contribution in [0, 0.1) is 0 Å². The van der Waals surface area contributed by atoms with Gasteiger partial charge in [0.2, 0.25) is 0 Å². The van der Waals surface area contributed by atoms with E-state index in [9.17, 15) is 0 Å². The summed E-state index contributed by atoms with van der Waals surface area (Å²) in [5.41, 5.74) is -0.484. The van der Waals surface area contributed by atoms with Crippen molar-refractivity contribution in [1.82, 2.24) is 0 Å². The maximum Gasteiger partial charge on any atom is 0.139 e. The Kier molecular flexibility index (Phi) is 2.66. The molecule has 0 unspecified atom stereocenters. The average molecular weight is 226 g/mol. The second-order valence-electron chi connectivity index (χ2n) is 5.06. The first-order chi connectivity index (χ1) is 7.56.